The molecule has 1 fully saturated rings. The zero-order chi connectivity index (χ0) is 13.6. The Morgan fingerprint density at radius 2 is 2.11 bits per heavy atom. The van der Waals surface area contributed by atoms with Gasteiger partial charge in [0.25, 0.3) is 0 Å². The molecule has 0 aromatic carbocycles. The lowest BCUT2D eigenvalue weighted by atomic mass is 9.80. The average Bonchev–Trinajstić information content (AvgIpc) is 2.87. The van der Waals surface area contributed by atoms with Gasteiger partial charge in [-0.3, -0.25) is 4.79 Å². The first-order valence-corrected chi connectivity index (χ1v) is 7.27. The van der Waals surface area contributed by atoms with Gasteiger partial charge in [0, 0.05) is 25.7 Å². The summed E-state index contributed by atoms with van der Waals surface area (Å²) in [4.78, 5) is 14.7. The molecule has 0 bridgehead atoms. The van der Waals surface area contributed by atoms with E-state index in [9.17, 15) is 4.79 Å². The van der Waals surface area contributed by atoms with Gasteiger partial charge in [0.1, 0.15) is 0 Å². The summed E-state index contributed by atoms with van der Waals surface area (Å²) in [6, 6.07) is 0.314. The van der Waals surface area contributed by atoms with E-state index in [1.165, 1.54) is 0 Å². The van der Waals surface area contributed by atoms with Crippen LogP contribution in [0.1, 0.15) is 52.4 Å². The molecular weight excluding hydrogens is 228 g/mol. The molecule has 0 saturated carbocycles. The van der Waals surface area contributed by atoms with Gasteiger partial charge in [-0.25, -0.2) is 0 Å². The van der Waals surface area contributed by atoms with Gasteiger partial charge in [-0.2, -0.15) is 0 Å². The first kappa shape index (κ1) is 15.4. The molecule has 1 heterocycles. The van der Waals surface area contributed by atoms with Crippen LogP contribution in [0.25, 0.3) is 0 Å². The first-order valence-electron chi connectivity index (χ1n) is 7.27. The Morgan fingerprint density at radius 3 is 2.61 bits per heavy atom. The minimum Gasteiger partial charge on any atom is -0.396 e. The number of rotatable bonds is 7. The maximum atomic E-state index is 12.7. The third-order valence-corrected chi connectivity index (χ3v) is 4.53. The normalized spacial score (nSPS) is 20.4. The number of hydrogen-bond acceptors (Lipinski definition) is 3. The zero-order valence-corrected chi connectivity index (χ0v) is 11.8. The standard InChI is InChI=1S/C14H28N2O2/c1-3-14(4-2,11-15)13(18)16-9-5-7-12(16)8-6-10-17/h12,17H,3-11,15H2,1-2H3. The van der Waals surface area contributed by atoms with Gasteiger partial charge in [0.2, 0.25) is 5.91 Å². The van der Waals surface area contributed by atoms with Gasteiger partial charge >= 0.3 is 0 Å². The quantitative estimate of drug-likeness (QED) is 0.725. The van der Waals surface area contributed by atoms with Crippen LogP contribution in [0.5, 0.6) is 0 Å². The van der Waals surface area contributed by atoms with Crippen LogP contribution in [-0.2, 0) is 4.79 Å². The number of nitrogens with zero attached hydrogens (tertiary/aromatic N) is 1. The summed E-state index contributed by atoms with van der Waals surface area (Å²) in [7, 11) is 0. The summed E-state index contributed by atoms with van der Waals surface area (Å²) < 4.78 is 0. The fourth-order valence-electron chi connectivity index (χ4n) is 2.96. The smallest absolute Gasteiger partial charge is 0.230 e. The second-order valence-corrected chi connectivity index (χ2v) is 5.35. The Kier molecular flexibility index (Phi) is 6.09. The Bertz CT molecular complexity index is 256. The molecule has 18 heavy (non-hydrogen) atoms. The number of hydrogen-bond donors (Lipinski definition) is 2. The van der Waals surface area contributed by atoms with E-state index in [1.54, 1.807) is 0 Å². The molecule has 0 aliphatic carbocycles. The van der Waals surface area contributed by atoms with E-state index < -0.39 is 0 Å². The fraction of sp³-hybridized carbons (Fsp3) is 0.929. The van der Waals surface area contributed by atoms with Crippen molar-refractivity contribution in [2.45, 2.75) is 58.4 Å². The highest BCUT2D eigenvalue weighted by molar-refractivity contribution is 5.83. The van der Waals surface area contributed by atoms with Crippen molar-refractivity contribution >= 4 is 5.91 Å². The van der Waals surface area contributed by atoms with E-state index in [1.807, 2.05) is 18.7 Å². The summed E-state index contributed by atoms with van der Waals surface area (Å²) >= 11 is 0. The summed E-state index contributed by atoms with van der Waals surface area (Å²) in [5.74, 6) is 0.232. The molecule has 1 aliphatic rings. The number of carbonyl (C=O) groups is 1. The van der Waals surface area contributed by atoms with E-state index in [0.29, 0.717) is 12.6 Å². The third kappa shape index (κ3) is 3.04. The molecule has 106 valence electrons. The second kappa shape index (κ2) is 7.10. The largest absolute Gasteiger partial charge is 0.396 e. The van der Waals surface area contributed by atoms with Gasteiger partial charge in [-0.05, 0) is 38.5 Å². The minimum absolute atomic E-state index is 0.210. The van der Waals surface area contributed by atoms with Crippen molar-refractivity contribution < 1.29 is 9.90 Å². The fourth-order valence-corrected chi connectivity index (χ4v) is 2.96. The van der Waals surface area contributed by atoms with Crippen molar-refractivity contribution in [1.29, 1.82) is 0 Å². The van der Waals surface area contributed by atoms with Gasteiger partial charge in [-0.1, -0.05) is 13.8 Å². The third-order valence-electron chi connectivity index (χ3n) is 4.53. The summed E-state index contributed by atoms with van der Waals surface area (Å²) in [6.07, 6.45) is 5.46. The summed E-state index contributed by atoms with van der Waals surface area (Å²) in [5.41, 5.74) is 5.48. The maximum Gasteiger partial charge on any atom is 0.230 e. The molecule has 4 nitrogen and oxygen atoms in total. The molecule has 1 amide bonds. The SMILES string of the molecule is CCC(CC)(CN)C(=O)N1CCCC1CCCO. The van der Waals surface area contributed by atoms with Crippen LogP contribution in [0, 0.1) is 5.41 Å². The predicted molar refractivity (Wildman–Crippen MR) is 73.1 cm³/mol. The molecule has 1 atom stereocenters. The van der Waals surface area contributed by atoms with Crippen molar-refractivity contribution in [2.24, 2.45) is 11.1 Å². The highest BCUT2D eigenvalue weighted by atomic mass is 16.3. The van der Waals surface area contributed by atoms with Crippen molar-refractivity contribution in [2.75, 3.05) is 19.7 Å². The molecule has 1 unspecified atom stereocenters. The number of likely N-dealkylation sites (tertiary alicyclic amines) is 1. The van der Waals surface area contributed by atoms with Gasteiger partial charge in [0.15, 0.2) is 0 Å². The Labute approximate surface area is 111 Å². The Hall–Kier alpha value is -0.610. The number of carbonyl (C=O) groups excluding carboxylic acids is 1. The highest BCUT2D eigenvalue weighted by Gasteiger charge is 2.40. The summed E-state index contributed by atoms with van der Waals surface area (Å²) in [5, 5.41) is 8.93. The molecular formula is C14H28N2O2. The van der Waals surface area contributed by atoms with E-state index >= 15 is 0 Å². The number of amides is 1. The highest BCUT2D eigenvalue weighted by Crippen LogP contribution is 2.32. The lowest BCUT2D eigenvalue weighted by Gasteiger charge is -2.36. The van der Waals surface area contributed by atoms with Crippen LogP contribution in [0.3, 0.4) is 0 Å². The van der Waals surface area contributed by atoms with Crippen molar-refractivity contribution in [3.05, 3.63) is 0 Å². The van der Waals surface area contributed by atoms with E-state index in [-0.39, 0.29) is 17.9 Å². The minimum atomic E-state index is -0.373. The molecule has 4 heteroatoms. The monoisotopic (exact) mass is 256 g/mol. The number of aliphatic hydroxyl groups excluding tert-OH is 1. The van der Waals surface area contributed by atoms with Crippen LogP contribution >= 0.6 is 0 Å². The lowest BCUT2D eigenvalue weighted by Crippen LogP contribution is -2.49. The van der Waals surface area contributed by atoms with Crippen molar-refractivity contribution in [3.63, 3.8) is 0 Å². The molecule has 0 aromatic heterocycles. The average molecular weight is 256 g/mol. The van der Waals surface area contributed by atoms with Crippen LogP contribution in [0.15, 0.2) is 0 Å². The van der Waals surface area contributed by atoms with Gasteiger partial charge < -0.3 is 15.7 Å². The summed E-state index contributed by atoms with van der Waals surface area (Å²) in [6.45, 7) is 5.60. The van der Waals surface area contributed by atoms with Crippen LogP contribution < -0.4 is 5.73 Å². The van der Waals surface area contributed by atoms with Crippen LogP contribution in [-0.4, -0.2) is 41.7 Å². The molecule has 1 saturated heterocycles. The Morgan fingerprint density at radius 1 is 1.44 bits per heavy atom. The molecule has 0 aromatic rings. The lowest BCUT2D eigenvalue weighted by molar-refractivity contribution is -0.143. The van der Waals surface area contributed by atoms with Crippen molar-refractivity contribution in [3.8, 4) is 0 Å². The predicted octanol–water partition coefficient (Wildman–Crippen LogP) is 1.52. The number of aliphatic hydroxyl groups is 1. The molecule has 1 aliphatic heterocycles. The van der Waals surface area contributed by atoms with E-state index in [4.69, 9.17) is 10.8 Å². The van der Waals surface area contributed by atoms with E-state index in [0.717, 1.165) is 45.1 Å². The Balaban J connectivity index is 2.74. The van der Waals surface area contributed by atoms with Crippen LogP contribution in [0.4, 0.5) is 0 Å². The zero-order valence-electron chi connectivity index (χ0n) is 11.8. The van der Waals surface area contributed by atoms with Gasteiger partial charge in [-0.15, -0.1) is 0 Å². The van der Waals surface area contributed by atoms with Crippen molar-refractivity contribution in [1.82, 2.24) is 4.90 Å². The maximum absolute atomic E-state index is 12.7. The van der Waals surface area contributed by atoms with Crippen LogP contribution in [0.2, 0.25) is 0 Å². The molecule has 3 N–H and O–H groups in total. The second-order valence-electron chi connectivity index (χ2n) is 5.35. The molecule has 0 radical (unpaired) electrons. The van der Waals surface area contributed by atoms with E-state index in [2.05, 4.69) is 0 Å². The first-order chi connectivity index (χ1) is 8.65. The molecule has 1 rings (SSSR count). The molecule has 0 spiro atoms. The number of nitrogens with two attached hydrogens (primary N) is 1. The van der Waals surface area contributed by atoms with Gasteiger partial charge in [0.05, 0.1) is 5.41 Å². The topological polar surface area (TPSA) is 66.6 Å².